The average molecular weight is 319 g/mol. The van der Waals surface area contributed by atoms with Crippen LogP contribution in [0.1, 0.15) is 22.5 Å². The van der Waals surface area contributed by atoms with Crippen molar-refractivity contribution in [1.29, 1.82) is 0 Å². The van der Waals surface area contributed by atoms with E-state index in [1.54, 1.807) is 4.90 Å². The second-order valence-electron chi connectivity index (χ2n) is 3.66. The Bertz CT molecular complexity index is 432. The molecule has 2 heterocycles. The molecule has 0 aromatic carbocycles. The van der Waals surface area contributed by atoms with Gasteiger partial charge in [0.2, 0.25) is 0 Å². The topological polar surface area (TPSA) is 46.3 Å². The lowest BCUT2D eigenvalue weighted by Crippen LogP contribution is -2.42. The van der Waals surface area contributed by atoms with Crippen LogP contribution in [0, 0.1) is 0 Å². The zero-order chi connectivity index (χ0) is 11.7. The summed E-state index contributed by atoms with van der Waals surface area (Å²) >= 11 is 9.77. The number of carbonyl (C=O) groups is 1. The molecule has 0 aliphatic carbocycles. The molecule has 1 fully saturated rings. The van der Waals surface area contributed by atoms with Crippen LogP contribution in [0.3, 0.4) is 0 Å². The fourth-order valence-electron chi connectivity index (χ4n) is 1.88. The summed E-state index contributed by atoms with van der Waals surface area (Å²) in [6.07, 6.45) is 1.86. The largest absolute Gasteiger partial charge is 0.392 e. The molecule has 0 spiro atoms. The third-order valence-electron chi connectivity index (χ3n) is 2.63. The van der Waals surface area contributed by atoms with Gasteiger partial charge in [-0.1, -0.05) is 12.2 Å². The summed E-state index contributed by atoms with van der Waals surface area (Å²) < 4.78 is 0.960. The van der Waals surface area contributed by atoms with Gasteiger partial charge in [0.15, 0.2) is 0 Å². The number of likely N-dealkylation sites (tertiary alicyclic amines) is 1. The van der Waals surface area contributed by atoms with Crippen LogP contribution in [0.5, 0.6) is 0 Å². The summed E-state index contributed by atoms with van der Waals surface area (Å²) in [4.78, 5) is 15.1. The van der Waals surface area contributed by atoms with Crippen molar-refractivity contribution in [2.45, 2.75) is 18.9 Å². The first-order valence-corrected chi connectivity index (χ1v) is 6.97. The molecule has 1 unspecified atom stereocenters. The van der Waals surface area contributed by atoms with Gasteiger partial charge in [0.1, 0.15) is 0 Å². The fraction of sp³-hybridized carbons (Fsp3) is 0.400. The van der Waals surface area contributed by atoms with Crippen LogP contribution in [0.15, 0.2) is 15.9 Å². The molecule has 1 aromatic rings. The van der Waals surface area contributed by atoms with Crippen LogP contribution in [0.25, 0.3) is 0 Å². The Morgan fingerprint density at radius 2 is 2.38 bits per heavy atom. The molecule has 1 amide bonds. The van der Waals surface area contributed by atoms with Gasteiger partial charge in [-0.15, -0.1) is 11.3 Å². The molecule has 2 N–H and O–H groups in total. The summed E-state index contributed by atoms with van der Waals surface area (Å²) in [6.45, 7) is 0.746. The molecular weight excluding hydrogens is 308 g/mol. The SMILES string of the molecule is NC(=S)C1CCCN1C(=O)c1ccc(Br)s1. The average Bonchev–Trinajstić information content (AvgIpc) is 2.84. The molecule has 3 nitrogen and oxygen atoms in total. The number of nitrogens with zero attached hydrogens (tertiary/aromatic N) is 1. The highest BCUT2D eigenvalue weighted by molar-refractivity contribution is 9.11. The van der Waals surface area contributed by atoms with Crippen molar-refractivity contribution in [3.05, 3.63) is 20.8 Å². The lowest BCUT2D eigenvalue weighted by molar-refractivity contribution is 0.0775. The van der Waals surface area contributed by atoms with E-state index in [2.05, 4.69) is 15.9 Å². The summed E-state index contributed by atoms with van der Waals surface area (Å²) in [7, 11) is 0. The molecule has 0 saturated carbocycles. The maximum Gasteiger partial charge on any atom is 0.264 e. The first-order valence-electron chi connectivity index (χ1n) is 4.95. The Labute approximate surface area is 112 Å². The Hall–Kier alpha value is -0.460. The molecule has 1 saturated heterocycles. The van der Waals surface area contributed by atoms with Crippen LogP contribution in [0.4, 0.5) is 0 Å². The molecule has 1 aliphatic heterocycles. The zero-order valence-corrected chi connectivity index (χ0v) is 11.7. The molecule has 16 heavy (non-hydrogen) atoms. The second kappa shape index (κ2) is 4.81. The normalized spacial score (nSPS) is 20.1. The Balaban J connectivity index is 2.18. The van der Waals surface area contributed by atoms with Crippen molar-refractivity contribution < 1.29 is 4.79 Å². The first-order chi connectivity index (χ1) is 7.59. The van der Waals surface area contributed by atoms with E-state index in [0.29, 0.717) is 4.99 Å². The van der Waals surface area contributed by atoms with E-state index in [9.17, 15) is 4.79 Å². The van der Waals surface area contributed by atoms with Crippen molar-refractivity contribution in [2.24, 2.45) is 5.73 Å². The van der Waals surface area contributed by atoms with Crippen molar-refractivity contribution in [2.75, 3.05) is 6.54 Å². The lowest BCUT2D eigenvalue weighted by Gasteiger charge is -2.22. The molecule has 2 rings (SSSR count). The van der Waals surface area contributed by atoms with Gasteiger partial charge < -0.3 is 10.6 Å². The van der Waals surface area contributed by atoms with E-state index < -0.39 is 0 Å². The number of rotatable bonds is 2. The van der Waals surface area contributed by atoms with Gasteiger partial charge in [0.05, 0.1) is 19.7 Å². The van der Waals surface area contributed by atoms with E-state index in [4.69, 9.17) is 18.0 Å². The minimum absolute atomic E-state index is 0.0333. The van der Waals surface area contributed by atoms with Gasteiger partial charge in [-0.25, -0.2) is 0 Å². The van der Waals surface area contributed by atoms with Crippen molar-refractivity contribution >= 4 is 50.4 Å². The molecule has 0 bridgehead atoms. The summed E-state index contributed by atoms with van der Waals surface area (Å²) in [6, 6.07) is 3.64. The number of thiocarbonyl (C=S) groups is 1. The molecule has 86 valence electrons. The van der Waals surface area contributed by atoms with Crippen LogP contribution in [-0.4, -0.2) is 28.4 Å². The molecule has 1 aromatic heterocycles. The van der Waals surface area contributed by atoms with Gasteiger partial charge in [0, 0.05) is 6.54 Å². The van der Waals surface area contributed by atoms with Crippen LogP contribution in [0.2, 0.25) is 0 Å². The van der Waals surface area contributed by atoms with Crippen molar-refractivity contribution in [1.82, 2.24) is 4.90 Å². The Morgan fingerprint density at radius 3 is 2.94 bits per heavy atom. The molecular formula is C10H11BrN2OS2. The maximum atomic E-state index is 12.2. The number of carbonyl (C=O) groups excluding carboxylic acids is 1. The van der Waals surface area contributed by atoms with Crippen LogP contribution >= 0.6 is 39.5 Å². The monoisotopic (exact) mass is 318 g/mol. The second-order valence-corrected chi connectivity index (χ2v) is 6.60. The summed E-state index contributed by atoms with van der Waals surface area (Å²) in [5, 5.41) is 0. The van der Waals surface area contributed by atoms with E-state index in [1.807, 2.05) is 12.1 Å². The van der Waals surface area contributed by atoms with Gasteiger partial charge >= 0.3 is 0 Å². The van der Waals surface area contributed by atoms with E-state index >= 15 is 0 Å². The predicted octanol–water partition coefficient (Wildman–Crippen LogP) is 2.40. The fourth-order valence-corrected chi connectivity index (χ4v) is 3.46. The van der Waals surface area contributed by atoms with Crippen LogP contribution in [-0.2, 0) is 0 Å². The third kappa shape index (κ3) is 2.28. The number of hydrogen-bond donors (Lipinski definition) is 1. The summed E-state index contributed by atoms with van der Waals surface area (Å²) in [5.74, 6) is 0.0333. The zero-order valence-electron chi connectivity index (χ0n) is 8.48. The molecule has 6 heteroatoms. The number of hydrogen-bond acceptors (Lipinski definition) is 3. The van der Waals surface area contributed by atoms with E-state index in [-0.39, 0.29) is 11.9 Å². The van der Waals surface area contributed by atoms with Crippen LogP contribution < -0.4 is 5.73 Å². The van der Waals surface area contributed by atoms with Gasteiger partial charge in [0.25, 0.3) is 5.91 Å². The highest BCUT2D eigenvalue weighted by atomic mass is 79.9. The molecule has 1 atom stereocenters. The lowest BCUT2D eigenvalue weighted by atomic mass is 10.2. The quantitative estimate of drug-likeness (QED) is 0.852. The number of thiophene rings is 1. The highest BCUT2D eigenvalue weighted by Gasteiger charge is 2.31. The van der Waals surface area contributed by atoms with Gasteiger partial charge in [-0.3, -0.25) is 4.79 Å². The number of halogens is 1. The smallest absolute Gasteiger partial charge is 0.264 e. The van der Waals surface area contributed by atoms with E-state index in [1.165, 1.54) is 11.3 Å². The maximum absolute atomic E-state index is 12.2. The number of nitrogens with two attached hydrogens (primary N) is 1. The summed E-state index contributed by atoms with van der Waals surface area (Å²) in [5.41, 5.74) is 5.64. The van der Waals surface area contributed by atoms with Crippen molar-refractivity contribution in [3.63, 3.8) is 0 Å². The van der Waals surface area contributed by atoms with Crippen molar-refractivity contribution in [3.8, 4) is 0 Å². The predicted molar refractivity (Wildman–Crippen MR) is 72.9 cm³/mol. The molecule has 1 aliphatic rings. The highest BCUT2D eigenvalue weighted by Crippen LogP contribution is 2.26. The Kier molecular flexibility index (Phi) is 3.61. The van der Waals surface area contributed by atoms with Gasteiger partial charge in [-0.2, -0.15) is 0 Å². The third-order valence-corrected chi connectivity index (χ3v) is 4.51. The Morgan fingerprint density at radius 1 is 1.62 bits per heavy atom. The van der Waals surface area contributed by atoms with E-state index in [0.717, 1.165) is 28.0 Å². The first kappa shape index (κ1) is 12.0. The number of amides is 1. The van der Waals surface area contributed by atoms with Gasteiger partial charge in [-0.05, 0) is 40.9 Å². The molecule has 0 radical (unpaired) electrons. The minimum Gasteiger partial charge on any atom is -0.392 e. The standard InChI is InChI=1S/C10H11BrN2OS2/c11-8-4-3-7(16-8)10(14)13-5-1-2-6(13)9(12)15/h3-4,6H,1-2,5H2,(H2,12,15). The minimum atomic E-state index is -0.0663.